The van der Waals surface area contributed by atoms with Gasteiger partial charge >= 0.3 is 0 Å². The maximum absolute atomic E-state index is 8.79. The summed E-state index contributed by atoms with van der Waals surface area (Å²) in [5.74, 6) is 0. The van der Waals surface area contributed by atoms with E-state index in [1.54, 1.807) is 0 Å². The zero-order chi connectivity index (χ0) is 9.84. The van der Waals surface area contributed by atoms with E-state index in [4.69, 9.17) is 10.8 Å². The van der Waals surface area contributed by atoms with Crippen molar-refractivity contribution in [2.75, 3.05) is 6.61 Å². The predicted octanol–water partition coefficient (Wildman–Crippen LogP) is 2.50. The van der Waals surface area contributed by atoms with Gasteiger partial charge in [-0.15, -0.1) is 12.4 Å². The SMILES string of the molecule is Cl.NC(CO)Cc1cc(Br)cc(Br)c1. The van der Waals surface area contributed by atoms with Crippen molar-refractivity contribution in [2.45, 2.75) is 12.5 Å². The summed E-state index contributed by atoms with van der Waals surface area (Å²) in [7, 11) is 0. The number of aliphatic hydroxyl groups is 1. The summed E-state index contributed by atoms with van der Waals surface area (Å²) in [6.45, 7) is 0.0180. The summed E-state index contributed by atoms with van der Waals surface area (Å²) in [6, 6.07) is 5.79. The molecule has 2 nitrogen and oxygen atoms in total. The lowest BCUT2D eigenvalue weighted by atomic mass is 10.1. The van der Waals surface area contributed by atoms with Crippen LogP contribution in [0.15, 0.2) is 27.1 Å². The van der Waals surface area contributed by atoms with Gasteiger partial charge in [0.2, 0.25) is 0 Å². The van der Waals surface area contributed by atoms with Crippen molar-refractivity contribution >= 4 is 44.3 Å². The minimum absolute atomic E-state index is 0. The Morgan fingerprint density at radius 3 is 2.14 bits per heavy atom. The molecule has 0 fully saturated rings. The van der Waals surface area contributed by atoms with E-state index in [9.17, 15) is 0 Å². The van der Waals surface area contributed by atoms with Crippen LogP contribution in [0.2, 0.25) is 0 Å². The Kier molecular flexibility index (Phi) is 6.99. The fourth-order valence-corrected chi connectivity index (χ4v) is 2.48. The molecule has 0 heterocycles. The molecule has 1 rings (SSSR count). The highest BCUT2D eigenvalue weighted by Crippen LogP contribution is 2.20. The smallest absolute Gasteiger partial charge is 0.0585 e. The molecule has 14 heavy (non-hydrogen) atoms. The highest BCUT2D eigenvalue weighted by atomic mass is 79.9. The molecule has 0 saturated heterocycles. The molecule has 1 aromatic carbocycles. The molecule has 0 aromatic heterocycles. The van der Waals surface area contributed by atoms with Crippen LogP contribution in [0.4, 0.5) is 0 Å². The Balaban J connectivity index is 0.00000169. The van der Waals surface area contributed by atoms with E-state index in [2.05, 4.69) is 31.9 Å². The molecule has 0 saturated carbocycles. The van der Waals surface area contributed by atoms with Gasteiger partial charge in [-0.3, -0.25) is 0 Å². The van der Waals surface area contributed by atoms with Gasteiger partial charge in [-0.1, -0.05) is 31.9 Å². The lowest BCUT2D eigenvalue weighted by molar-refractivity contribution is 0.265. The molecule has 1 unspecified atom stereocenters. The number of benzene rings is 1. The molecule has 80 valence electrons. The van der Waals surface area contributed by atoms with Crippen LogP contribution < -0.4 is 5.73 Å². The summed E-state index contributed by atoms with van der Waals surface area (Å²) in [5, 5.41) is 8.79. The highest BCUT2D eigenvalue weighted by molar-refractivity contribution is 9.11. The topological polar surface area (TPSA) is 46.2 Å². The first-order chi connectivity index (χ1) is 6.11. The van der Waals surface area contributed by atoms with Crippen LogP contribution in [0, 0.1) is 0 Å². The minimum Gasteiger partial charge on any atom is -0.395 e. The second kappa shape index (κ2) is 6.80. The van der Waals surface area contributed by atoms with E-state index in [1.807, 2.05) is 18.2 Å². The van der Waals surface area contributed by atoms with Crippen LogP contribution in [-0.2, 0) is 6.42 Å². The molecular weight excluding hydrogens is 333 g/mol. The maximum atomic E-state index is 8.79. The third-order valence-electron chi connectivity index (χ3n) is 1.65. The molecule has 0 bridgehead atoms. The Labute approximate surface area is 107 Å². The maximum Gasteiger partial charge on any atom is 0.0585 e. The summed E-state index contributed by atoms with van der Waals surface area (Å²) in [4.78, 5) is 0. The van der Waals surface area contributed by atoms with Gasteiger partial charge in [0, 0.05) is 15.0 Å². The predicted molar refractivity (Wildman–Crippen MR) is 67.9 cm³/mol. The van der Waals surface area contributed by atoms with Crippen LogP contribution in [0.3, 0.4) is 0 Å². The standard InChI is InChI=1S/C9H11Br2NO.ClH/c10-7-1-6(2-8(11)4-7)3-9(12)5-13;/h1-2,4,9,13H,3,5,12H2;1H. The first-order valence-corrected chi connectivity index (χ1v) is 5.52. The van der Waals surface area contributed by atoms with Gasteiger partial charge in [-0.25, -0.2) is 0 Å². The van der Waals surface area contributed by atoms with Gasteiger partial charge in [0.25, 0.3) is 0 Å². The highest BCUT2D eigenvalue weighted by Gasteiger charge is 2.03. The van der Waals surface area contributed by atoms with E-state index >= 15 is 0 Å². The van der Waals surface area contributed by atoms with E-state index < -0.39 is 0 Å². The first kappa shape index (κ1) is 14.4. The first-order valence-electron chi connectivity index (χ1n) is 3.93. The van der Waals surface area contributed by atoms with Crippen LogP contribution in [-0.4, -0.2) is 17.8 Å². The number of nitrogens with two attached hydrogens (primary N) is 1. The minimum atomic E-state index is -0.179. The van der Waals surface area contributed by atoms with Gasteiger partial charge < -0.3 is 10.8 Å². The van der Waals surface area contributed by atoms with Crippen molar-refractivity contribution in [3.63, 3.8) is 0 Å². The number of hydrogen-bond acceptors (Lipinski definition) is 2. The zero-order valence-corrected chi connectivity index (χ0v) is 11.4. The van der Waals surface area contributed by atoms with E-state index in [0.717, 1.165) is 14.5 Å². The van der Waals surface area contributed by atoms with Crippen molar-refractivity contribution in [1.82, 2.24) is 0 Å². The number of rotatable bonds is 3. The lowest BCUT2D eigenvalue weighted by Crippen LogP contribution is -2.26. The summed E-state index contributed by atoms with van der Waals surface area (Å²) >= 11 is 6.78. The summed E-state index contributed by atoms with van der Waals surface area (Å²) in [5.41, 5.74) is 6.74. The molecule has 0 radical (unpaired) electrons. The van der Waals surface area contributed by atoms with Crippen molar-refractivity contribution in [2.24, 2.45) is 5.73 Å². The monoisotopic (exact) mass is 343 g/mol. The molecule has 0 spiro atoms. The van der Waals surface area contributed by atoms with Gasteiger partial charge in [0.15, 0.2) is 0 Å². The van der Waals surface area contributed by atoms with Crippen LogP contribution in [0.5, 0.6) is 0 Å². The third-order valence-corrected chi connectivity index (χ3v) is 2.57. The molecule has 0 amide bonds. The molecule has 1 atom stereocenters. The Bertz CT molecular complexity index is 276. The third kappa shape index (κ3) is 4.75. The molecule has 3 N–H and O–H groups in total. The van der Waals surface area contributed by atoms with Crippen molar-refractivity contribution in [1.29, 1.82) is 0 Å². The average Bonchev–Trinajstić information content (AvgIpc) is 2.02. The van der Waals surface area contributed by atoms with Crippen molar-refractivity contribution in [3.8, 4) is 0 Å². The van der Waals surface area contributed by atoms with Crippen LogP contribution in [0.1, 0.15) is 5.56 Å². The average molecular weight is 345 g/mol. The van der Waals surface area contributed by atoms with Gasteiger partial charge in [0.1, 0.15) is 0 Å². The van der Waals surface area contributed by atoms with Gasteiger partial charge in [-0.05, 0) is 30.2 Å². The fourth-order valence-electron chi connectivity index (χ4n) is 1.10. The lowest BCUT2D eigenvalue weighted by Gasteiger charge is -2.08. The fraction of sp³-hybridized carbons (Fsp3) is 0.333. The number of aliphatic hydroxyl groups excluding tert-OH is 1. The largest absolute Gasteiger partial charge is 0.395 e. The quantitative estimate of drug-likeness (QED) is 0.884. The molecular formula is C9H12Br2ClNO. The molecule has 0 aliphatic heterocycles. The number of hydrogen-bond donors (Lipinski definition) is 2. The van der Waals surface area contributed by atoms with Crippen LogP contribution in [0.25, 0.3) is 0 Å². The van der Waals surface area contributed by atoms with Gasteiger partial charge in [-0.2, -0.15) is 0 Å². The Hall–Kier alpha value is 0.390. The summed E-state index contributed by atoms with van der Waals surface area (Å²) in [6.07, 6.45) is 0.689. The summed E-state index contributed by atoms with van der Waals surface area (Å²) < 4.78 is 2.03. The Morgan fingerprint density at radius 2 is 1.71 bits per heavy atom. The van der Waals surface area contributed by atoms with Crippen molar-refractivity contribution in [3.05, 3.63) is 32.7 Å². The zero-order valence-electron chi connectivity index (χ0n) is 7.41. The normalized spacial score (nSPS) is 12.0. The molecule has 0 aliphatic rings. The van der Waals surface area contributed by atoms with Crippen molar-refractivity contribution < 1.29 is 5.11 Å². The number of halogens is 3. The second-order valence-electron chi connectivity index (χ2n) is 2.92. The van der Waals surface area contributed by atoms with E-state index in [1.165, 1.54) is 0 Å². The van der Waals surface area contributed by atoms with Crippen LogP contribution >= 0.6 is 44.3 Å². The van der Waals surface area contributed by atoms with E-state index in [-0.39, 0.29) is 25.1 Å². The van der Waals surface area contributed by atoms with Gasteiger partial charge in [0.05, 0.1) is 6.61 Å². The van der Waals surface area contributed by atoms with E-state index in [0.29, 0.717) is 6.42 Å². The molecule has 1 aromatic rings. The second-order valence-corrected chi connectivity index (χ2v) is 4.76. The molecule has 0 aliphatic carbocycles. The Morgan fingerprint density at radius 1 is 1.21 bits per heavy atom. The molecule has 5 heteroatoms.